The van der Waals surface area contributed by atoms with Crippen LogP contribution in [0.1, 0.15) is 18.9 Å². The number of ether oxygens (including phenoxy) is 2. The van der Waals surface area contributed by atoms with Gasteiger partial charge in [0.25, 0.3) is 0 Å². The number of nitrogens with one attached hydrogen (secondary N) is 1. The van der Waals surface area contributed by atoms with Gasteiger partial charge in [0.05, 0.1) is 32.3 Å². The molecule has 0 aromatic heterocycles. The highest BCUT2D eigenvalue weighted by Crippen LogP contribution is 2.18. The summed E-state index contributed by atoms with van der Waals surface area (Å²) in [4.78, 5) is 28.8. The average Bonchev–Trinajstić information content (AvgIpc) is 2.67. The third-order valence-electron chi connectivity index (χ3n) is 4.79. The molecule has 2 saturated heterocycles. The quantitative estimate of drug-likeness (QED) is 0.805. The molecule has 0 radical (unpaired) electrons. The molecule has 0 spiro atoms. The van der Waals surface area contributed by atoms with Gasteiger partial charge >= 0.3 is 0 Å². The number of benzene rings is 1. The summed E-state index contributed by atoms with van der Waals surface area (Å²) in [5.41, 5.74) is 1.10. The number of carbonyl (C=O) groups excluding carboxylic acids is 2. The van der Waals surface area contributed by atoms with Crippen molar-refractivity contribution in [1.82, 2.24) is 15.1 Å². The maximum absolute atomic E-state index is 12.6. The van der Waals surface area contributed by atoms with Gasteiger partial charge in [-0.15, -0.1) is 0 Å². The molecule has 1 unspecified atom stereocenters. The van der Waals surface area contributed by atoms with E-state index in [0.717, 1.165) is 17.9 Å². The fraction of sp³-hybridized carbons (Fsp3) is 0.579. The molecule has 142 valence electrons. The van der Waals surface area contributed by atoms with Crippen LogP contribution in [0, 0.1) is 0 Å². The molecule has 1 N–H and O–H groups in total. The van der Waals surface area contributed by atoms with E-state index in [-0.39, 0.29) is 18.2 Å². The summed E-state index contributed by atoms with van der Waals surface area (Å²) in [6.45, 7) is 6.92. The minimum Gasteiger partial charge on any atom is -0.494 e. The van der Waals surface area contributed by atoms with Gasteiger partial charge in [-0.2, -0.15) is 0 Å². The normalized spacial score (nSPS) is 21.3. The molecule has 2 fully saturated rings. The Morgan fingerprint density at radius 3 is 2.65 bits per heavy atom. The lowest BCUT2D eigenvalue weighted by Crippen LogP contribution is -2.56. The van der Waals surface area contributed by atoms with Crippen molar-refractivity contribution in [3.63, 3.8) is 0 Å². The molecule has 0 saturated carbocycles. The molecule has 2 aliphatic rings. The summed E-state index contributed by atoms with van der Waals surface area (Å²) in [6, 6.07) is 7.48. The Kier molecular flexibility index (Phi) is 6.46. The maximum Gasteiger partial charge on any atom is 0.237 e. The monoisotopic (exact) mass is 361 g/mol. The van der Waals surface area contributed by atoms with Crippen molar-refractivity contribution in [3.8, 4) is 5.75 Å². The molecular weight excluding hydrogens is 334 g/mol. The zero-order valence-corrected chi connectivity index (χ0v) is 15.3. The Morgan fingerprint density at radius 1 is 1.23 bits per heavy atom. The van der Waals surface area contributed by atoms with Crippen LogP contribution in [0.15, 0.2) is 24.3 Å². The van der Waals surface area contributed by atoms with E-state index >= 15 is 0 Å². The molecule has 1 aromatic carbocycles. The zero-order valence-electron chi connectivity index (χ0n) is 15.3. The maximum atomic E-state index is 12.6. The summed E-state index contributed by atoms with van der Waals surface area (Å²) in [6.07, 6.45) is 0.211. The van der Waals surface area contributed by atoms with Gasteiger partial charge in [0, 0.05) is 32.7 Å². The number of nitrogens with zero attached hydrogens (tertiary/aromatic N) is 2. The predicted molar refractivity (Wildman–Crippen MR) is 96.8 cm³/mol. The molecule has 7 heteroatoms. The number of rotatable bonds is 6. The van der Waals surface area contributed by atoms with E-state index in [1.807, 2.05) is 31.2 Å². The van der Waals surface area contributed by atoms with E-state index in [1.54, 1.807) is 4.90 Å². The summed E-state index contributed by atoms with van der Waals surface area (Å²) in [5.74, 6) is 0.794. The largest absolute Gasteiger partial charge is 0.494 e. The van der Waals surface area contributed by atoms with Gasteiger partial charge in [-0.25, -0.2) is 0 Å². The van der Waals surface area contributed by atoms with Crippen LogP contribution in [0.5, 0.6) is 5.75 Å². The average molecular weight is 361 g/mol. The molecule has 2 aliphatic heterocycles. The highest BCUT2D eigenvalue weighted by Gasteiger charge is 2.33. The Hall–Kier alpha value is -2.12. The van der Waals surface area contributed by atoms with E-state index in [1.165, 1.54) is 0 Å². The van der Waals surface area contributed by atoms with Crippen molar-refractivity contribution in [3.05, 3.63) is 29.8 Å². The van der Waals surface area contributed by atoms with Crippen LogP contribution in [0.4, 0.5) is 0 Å². The minimum absolute atomic E-state index is 0.0204. The van der Waals surface area contributed by atoms with Crippen molar-refractivity contribution in [2.45, 2.75) is 25.9 Å². The van der Waals surface area contributed by atoms with Gasteiger partial charge < -0.3 is 19.7 Å². The number of hydrogen-bond donors (Lipinski definition) is 1. The summed E-state index contributed by atoms with van der Waals surface area (Å²) >= 11 is 0. The molecule has 2 heterocycles. The number of amides is 2. The molecule has 7 nitrogen and oxygen atoms in total. The van der Waals surface area contributed by atoms with Crippen LogP contribution < -0.4 is 10.1 Å². The van der Waals surface area contributed by atoms with Gasteiger partial charge in [-0.3, -0.25) is 14.5 Å². The van der Waals surface area contributed by atoms with Crippen LogP contribution >= 0.6 is 0 Å². The predicted octanol–water partition coefficient (Wildman–Crippen LogP) is 0.635. The SMILES string of the molecule is CCOc1ccc(CN2CCNC(=O)C2CC(=O)N2CCOCC2)cc1. The van der Waals surface area contributed by atoms with E-state index < -0.39 is 6.04 Å². The topological polar surface area (TPSA) is 71.1 Å². The lowest BCUT2D eigenvalue weighted by Gasteiger charge is -2.36. The Labute approximate surface area is 154 Å². The van der Waals surface area contributed by atoms with Crippen molar-refractivity contribution in [2.75, 3.05) is 46.0 Å². The van der Waals surface area contributed by atoms with E-state index in [4.69, 9.17) is 9.47 Å². The first-order valence-corrected chi connectivity index (χ1v) is 9.26. The third-order valence-corrected chi connectivity index (χ3v) is 4.79. The molecule has 2 amide bonds. The van der Waals surface area contributed by atoms with Gasteiger partial charge in [0.15, 0.2) is 0 Å². The Balaban J connectivity index is 1.63. The van der Waals surface area contributed by atoms with Crippen LogP contribution in [-0.4, -0.2) is 73.7 Å². The summed E-state index contributed by atoms with van der Waals surface area (Å²) in [7, 11) is 0. The molecule has 3 rings (SSSR count). The second-order valence-corrected chi connectivity index (χ2v) is 6.55. The van der Waals surface area contributed by atoms with Crippen LogP contribution in [0.25, 0.3) is 0 Å². The highest BCUT2D eigenvalue weighted by atomic mass is 16.5. The molecule has 26 heavy (non-hydrogen) atoms. The first-order valence-electron chi connectivity index (χ1n) is 9.26. The zero-order chi connectivity index (χ0) is 18.4. The number of piperazine rings is 1. The molecule has 1 atom stereocenters. The van der Waals surface area contributed by atoms with Gasteiger partial charge in [-0.05, 0) is 24.6 Å². The number of hydrogen-bond acceptors (Lipinski definition) is 5. The molecule has 0 aliphatic carbocycles. The van der Waals surface area contributed by atoms with Gasteiger partial charge in [-0.1, -0.05) is 12.1 Å². The standard InChI is InChI=1S/C19H27N3O4/c1-2-26-16-5-3-15(4-6-16)14-22-8-7-20-19(24)17(22)13-18(23)21-9-11-25-12-10-21/h3-6,17H,2,7-14H2,1H3,(H,20,24). The van der Waals surface area contributed by atoms with Crippen molar-refractivity contribution in [2.24, 2.45) is 0 Å². The summed E-state index contributed by atoms with van der Waals surface area (Å²) in [5, 5.41) is 2.89. The minimum atomic E-state index is -0.425. The Morgan fingerprint density at radius 2 is 1.96 bits per heavy atom. The second-order valence-electron chi connectivity index (χ2n) is 6.55. The fourth-order valence-electron chi connectivity index (χ4n) is 3.37. The van der Waals surface area contributed by atoms with Crippen LogP contribution in [0.2, 0.25) is 0 Å². The van der Waals surface area contributed by atoms with E-state index in [9.17, 15) is 9.59 Å². The van der Waals surface area contributed by atoms with Crippen molar-refractivity contribution < 1.29 is 19.1 Å². The van der Waals surface area contributed by atoms with E-state index in [0.29, 0.717) is 46.0 Å². The fourth-order valence-corrected chi connectivity index (χ4v) is 3.37. The first-order chi connectivity index (χ1) is 12.7. The summed E-state index contributed by atoms with van der Waals surface area (Å²) < 4.78 is 10.8. The molecular formula is C19H27N3O4. The molecule has 1 aromatic rings. The van der Waals surface area contributed by atoms with Crippen LogP contribution in [0.3, 0.4) is 0 Å². The highest BCUT2D eigenvalue weighted by molar-refractivity contribution is 5.88. The third kappa shape index (κ3) is 4.74. The smallest absolute Gasteiger partial charge is 0.237 e. The Bertz CT molecular complexity index is 614. The van der Waals surface area contributed by atoms with Gasteiger partial charge in [0.2, 0.25) is 11.8 Å². The van der Waals surface area contributed by atoms with Crippen molar-refractivity contribution >= 4 is 11.8 Å². The lowest BCUT2D eigenvalue weighted by atomic mass is 10.1. The van der Waals surface area contributed by atoms with Crippen LogP contribution in [-0.2, 0) is 20.9 Å². The second kappa shape index (κ2) is 9.00. The lowest BCUT2D eigenvalue weighted by molar-refractivity contribution is -0.141. The number of carbonyl (C=O) groups is 2. The molecule has 0 bridgehead atoms. The van der Waals surface area contributed by atoms with E-state index in [2.05, 4.69) is 10.2 Å². The van der Waals surface area contributed by atoms with Gasteiger partial charge in [0.1, 0.15) is 5.75 Å². The number of morpholine rings is 1. The first kappa shape index (κ1) is 18.7. The van der Waals surface area contributed by atoms with Crippen molar-refractivity contribution in [1.29, 1.82) is 0 Å².